The van der Waals surface area contributed by atoms with Gasteiger partial charge in [0.2, 0.25) is 0 Å². The Balaban J connectivity index is 1.57. The van der Waals surface area contributed by atoms with Crippen molar-refractivity contribution in [2.45, 2.75) is 12.1 Å². The molecule has 0 amide bonds. The number of anilines is 1. The molecule has 0 saturated carbocycles. The second-order valence-corrected chi connectivity index (χ2v) is 10.0. The Morgan fingerprint density at radius 1 is 1.03 bits per heavy atom. The van der Waals surface area contributed by atoms with E-state index in [1.54, 1.807) is 43.4 Å². The lowest BCUT2D eigenvalue weighted by Crippen LogP contribution is -2.57. The number of hydrogen-bond donors (Lipinski definition) is 1. The molecule has 1 fully saturated rings. The van der Waals surface area contributed by atoms with Gasteiger partial charge in [0.15, 0.2) is 0 Å². The minimum atomic E-state index is -0.985. The van der Waals surface area contributed by atoms with Crippen LogP contribution >= 0.6 is 23.2 Å². The van der Waals surface area contributed by atoms with Crippen LogP contribution in [0.1, 0.15) is 22.9 Å². The molecular formula is C28H23Cl2N5O3. The standard InChI is InChI=1S/C28H23Cl2N5O3/c1-33-22-11-10-21(15-31)32-26(22)23(14-25(33)36)34-12-13-35(24(16-34)28(37)38)27(17-2-6-19(29)7-3-17)18-4-8-20(30)9-5-18/h2-11,14,24,27H,12-13,16H2,1H3,(H,37,38). The van der Waals surface area contributed by atoms with Gasteiger partial charge in [-0.1, -0.05) is 47.5 Å². The third-order valence-electron chi connectivity index (χ3n) is 6.93. The predicted octanol–water partition coefficient (Wildman–Crippen LogP) is 4.48. The van der Waals surface area contributed by atoms with Crippen molar-refractivity contribution in [2.24, 2.45) is 7.05 Å². The topological polar surface area (TPSA) is 102 Å². The SMILES string of the molecule is Cn1c(=O)cc(N2CCN(C(c3ccc(Cl)cc3)c3ccc(Cl)cc3)C(C(=O)O)C2)c2nc(C#N)ccc21. The molecule has 2 aromatic carbocycles. The number of nitriles is 1. The maximum Gasteiger partial charge on any atom is 0.322 e. The summed E-state index contributed by atoms with van der Waals surface area (Å²) in [5, 5.41) is 20.9. The molecule has 5 rings (SSSR count). The van der Waals surface area contributed by atoms with Gasteiger partial charge in [-0.05, 0) is 47.5 Å². The maximum absolute atomic E-state index is 12.8. The van der Waals surface area contributed by atoms with Crippen molar-refractivity contribution in [3.05, 3.63) is 104 Å². The van der Waals surface area contributed by atoms with Crippen molar-refractivity contribution in [1.29, 1.82) is 5.26 Å². The van der Waals surface area contributed by atoms with Crippen LogP contribution in [0, 0.1) is 11.3 Å². The highest BCUT2D eigenvalue weighted by atomic mass is 35.5. The van der Waals surface area contributed by atoms with Crippen LogP contribution in [0.5, 0.6) is 0 Å². The molecule has 1 saturated heterocycles. The number of aryl methyl sites for hydroxylation is 1. The van der Waals surface area contributed by atoms with E-state index in [1.807, 2.05) is 40.1 Å². The second-order valence-electron chi connectivity index (χ2n) is 9.15. The summed E-state index contributed by atoms with van der Waals surface area (Å²) in [7, 11) is 1.64. The third kappa shape index (κ3) is 4.84. The highest BCUT2D eigenvalue weighted by Crippen LogP contribution is 2.35. The molecule has 1 aliphatic rings. The highest BCUT2D eigenvalue weighted by molar-refractivity contribution is 6.30. The van der Waals surface area contributed by atoms with E-state index in [-0.39, 0.29) is 23.8 Å². The number of piperazine rings is 1. The number of fused-ring (bicyclic) bond motifs is 1. The summed E-state index contributed by atoms with van der Waals surface area (Å²) in [5.74, 6) is -0.985. The molecule has 1 unspecified atom stereocenters. The van der Waals surface area contributed by atoms with Crippen LogP contribution in [0.3, 0.4) is 0 Å². The van der Waals surface area contributed by atoms with Gasteiger partial charge in [0.1, 0.15) is 23.3 Å². The van der Waals surface area contributed by atoms with Crippen LogP contribution < -0.4 is 10.5 Å². The highest BCUT2D eigenvalue weighted by Gasteiger charge is 2.38. The van der Waals surface area contributed by atoms with Crippen LogP contribution in [-0.2, 0) is 11.8 Å². The largest absolute Gasteiger partial charge is 0.480 e. The number of carboxylic acid groups (broad SMARTS) is 1. The first-order valence-electron chi connectivity index (χ1n) is 11.9. The zero-order valence-corrected chi connectivity index (χ0v) is 21.9. The molecule has 1 aliphatic heterocycles. The van der Waals surface area contributed by atoms with Crippen molar-refractivity contribution in [3.8, 4) is 6.07 Å². The summed E-state index contributed by atoms with van der Waals surface area (Å²) in [6.07, 6.45) is 0. The van der Waals surface area contributed by atoms with Gasteiger partial charge in [0, 0.05) is 42.8 Å². The average Bonchev–Trinajstić information content (AvgIpc) is 2.92. The lowest BCUT2D eigenvalue weighted by Gasteiger charge is -2.44. The van der Waals surface area contributed by atoms with Crippen molar-refractivity contribution in [1.82, 2.24) is 14.5 Å². The first-order valence-corrected chi connectivity index (χ1v) is 12.7. The summed E-state index contributed by atoms with van der Waals surface area (Å²) in [6.45, 7) is 0.956. The van der Waals surface area contributed by atoms with Gasteiger partial charge in [-0.25, -0.2) is 4.98 Å². The van der Waals surface area contributed by atoms with Gasteiger partial charge < -0.3 is 14.6 Å². The monoisotopic (exact) mass is 547 g/mol. The van der Waals surface area contributed by atoms with Gasteiger partial charge >= 0.3 is 5.97 Å². The molecule has 0 bridgehead atoms. The summed E-state index contributed by atoms with van der Waals surface area (Å²) in [4.78, 5) is 33.7. The summed E-state index contributed by atoms with van der Waals surface area (Å²) >= 11 is 12.3. The van der Waals surface area contributed by atoms with E-state index in [4.69, 9.17) is 23.2 Å². The Hall–Kier alpha value is -3.90. The predicted molar refractivity (Wildman–Crippen MR) is 147 cm³/mol. The molecule has 8 nitrogen and oxygen atoms in total. The Morgan fingerprint density at radius 3 is 2.18 bits per heavy atom. The third-order valence-corrected chi connectivity index (χ3v) is 7.44. The number of aromatic nitrogens is 2. The molecular weight excluding hydrogens is 525 g/mol. The van der Waals surface area contributed by atoms with Crippen molar-refractivity contribution in [2.75, 3.05) is 24.5 Å². The number of nitrogens with zero attached hydrogens (tertiary/aromatic N) is 5. The van der Waals surface area contributed by atoms with Gasteiger partial charge in [0.25, 0.3) is 5.56 Å². The van der Waals surface area contributed by atoms with Gasteiger partial charge in [-0.15, -0.1) is 0 Å². The second kappa shape index (κ2) is 10.5. The zero-order chi connectivity index (χ0) is 27.0. The lowest BCUT2D eigenvalue weighted by atomic mass is 9.94. The summed E-state index contributed by atoms with van der Waals surface area (Å²) in [5.41, 5.74) is 3.34. The molecule has 4 aromatic rings. The normalized spacial score (nSPS) is 16.1. The number of rotatable bonds is 5. The van der Waals surface area contributed by atoms with Crippen LogP contribution in [-0.4, -0.2) is 51.2 Å². The van der Waals surface area contributed by atoms with E-state index in [0.29, 0.717) is 39.9 Å². The first kappa shape index (κ1) is 25.7. The molecule has 0 aliphatic carbocycles. The minimum absolute atomic E-state index is 0.119. The molecule has 2 aromatic heterocycles. The smallest absolute Gasteiger partial charge is 0.322 e. The van der Waals surface area contributed by atoms with E-state index in [0.717, 1.165) is 11.1 Å². The fourth-order valence-electron chi connectivity index (χ4n) is 5.03. The lowest BCUT2D eigenvalue weighted by molar-refractivity contribution is -0.144. The van der Waals surface area contributed by atoms with E-state index in [1.165, 1.54) is 10.6 Å². The van der Waals surface area contributed by atoms with Gasteiger partial charge in [0.05, 0.1) is 17.2 Å². The molecule has 0 spiro atoms. The fraction of sp³-hybridized carbons (Fsp3) is 0.214. The molecule has 0 radical (unpaired) electrons. The number of carboxylic acids is 1. The Labute approximate surface area is 228 Å². The molecule has 38 heavy (non-hydrogen) atoms. The Bertz CT molecular complexity index is 1570. The maximum atomic E-state index is 12.8. The average molecular weight is 548 g/mol. The molecule has 192 valence electrons. The summed E-state index contributed by atoms with van der Waals surface area (Å²) in [6, 6.07) is 20.2. The zero-order valence-electron chi connectivity index (χ0n) is 20.4. The quantitative estimate of drug-likeness (QED) is 0.393. The number of pyridine rings is 2. The fourth-order valence-corrected chi connectivity index (χ4v) is 5.28. The number of halogens is 2. The van der Waals surface area contributed by atoms with Crippen LogP contribution in [0.2, 0.25) is 10.0 Å². The van der Waals surface area contributed by atoms with E-state index >= 15 is 0 Å². The number of hydrogen-bond acceptors (Lipinski definition) is 6. The van der Waals surface area contributed by atoms with Crippen molar-refractivity contribution < 1.29 is 9.90 Å². The Kier molecular flexibility index (Phi) is 7.09. The molecule has 10 heteroatoms. The number of benzene rings is 2. The number of carbonyl (C=O) groups is 1. The first-order chi connectivity index (χ1) is 18.3. The summed E-state index contributed by atoms with van der Waals surface area (Å²) < 4.78 is 1.47. The van der Waals surface area contributed by atoms with Crippen molar-refractivity contribution in [3.63, 3.8) is 0 Å². The van der Waals surface area contributed by atoms with E-state index in [2.05, 4.69) is 4.98 Å². The number of aliphatic carboxylic acids is 1. The Morgan fingerprint density at radius 2 is 1.63 bits per heavy atom. The van der Waals surface area contributed by atoms with Crippen molar-refractivity contribution >= 4 is 45.9 Å². The molecule has 3 heterocycles. The van der Waals surface area contributed by atoms with E-state index < -0.39 is 12.0 Å². The van der Waals surface area contributed by atoms with Crippen LogP contribution in [0.4, 0.5) is 5.69 Å². The van der Waals surface area contributed by atoms with E-state index in [9.17, 15) is 20.0 Å². The van der Waals surface area contributed by atoms with Crippen LogP contribution in [0.25, 0.3) is 11.0 Å². The molecule has 1 N–H and O–H groups in total. The van der Waals surface area contributed by atoms with Crippen LogP contribution in [0.15, 0.2) is 71.5 Å². The minimum Gasteiger partial charge on any atom is -0.480 e. The van der Waals surface area contributed by atoms with Gasteiger partial charge in [-0.2, -0.15) is 5.26 Å². The van der Waals surface area contributed by atoms with Gasteiger partial charge in [-0.3, -0.25) is 14.5 Å². The molecule has 1 atom stereocenters.